The van der Waals surface area contributed by atoms with Gasteiger partial charge < -0.3 is 0 Å². The third-order valence-electron chi connectivity index (χ3n) is 3.02. The van der Waals surface area contributed by atoms with Crippen molar-refractivity contribution in [3.05, 3.63) is 0 Å². The van der Waals surface area contributed by atoms with Crippen molar-refractivity contribution in [2.45, 2.75) is 31.4 Å². The smallest absolute Gasteiger partial charge is 0.217 e. The van der Waals surface area contributed by atoms with Gasteiger partial charge in [-0.05, 0) is 19.3 Å². The summed E-state index contributed by atoms with van der Waals surface area (Å²) in [5, 5.41) is -0.610. The van der Waals surface area contributed by atoms with Gasteiger partial charge in [0.15, 0.2) is 0 Å². The van der Waals surface area contributed by atoms with Crippen molar-refractivity contribution in [1.29, 1.82) is 0 Å². The summed E-state index contributed by atoms with van der Waals surface area (Å²) in [5.74, 6) is 2.25. The summed E-state index contributed by atoms with van der Waals surface area (Å²) in [6.07, 6.45) is 6.22. The van der Waals surface area contributed by atoms with E-state index in [0.29, 0.717) is 13.0 Å². The minimum Gasteiger partial charge on any atom is -0.229 e. The van der Waals surface area contributed by atoms with Gasteiger partial charge in [0.25, 0.3) is 0 Å². The van der Waals surface area contributed by atoms with Crippen molar-refractivity contribution in [2.24, 2.45) is 0 Å². The molecular formula is C11H19NO4S2. The summed E-state index contributed by atoms with van der Waals surface area (Å²) in [5.41, 5.74) is 0. The molecule has 0 radical (unpaired) electrons. The van der Waals surface area contributed by atoms with E-state index in [4.69, 9.17) is 6.42 Å². The quantitative estimate of drug-likeness (QED) is 0.681. The molecule has 0 amide bonds. The first-order valence-corrected chi connectivity index (χ1v) is 9.29. The SMILES string of the molecule is C#CCN(CCC)S(=O)(=O)C1CCS(=O)(=O)CC1. The van der Waals surface area contributed by atoms with Gasteiger partial charge in [-0.15, -0.1) is 6.42 Å². The summed E-state index contributed by atoms with van der Waals surface area (Å²) >= 11 is 0. The summed E-state index contributed by atoms with van der Waals surface area (Å²) < 4.78 is 48.5. The lowest BCUT2D eigenvalue weighted by atomic mass is 10.2. The van der Waals surface area contributed by atoms with Gasteiger partial charge in [-0.1, -0.05) is 12.8 Å². The molecule has 5 nitrogen and oxygen atoms in total. The van der Waals surface area contributed by atoms with Gasteiger partial charge in [-0.25, -0.2) is 16.8 Å². The molecule has 0 atom stereocenters. The maximum absolute atomic E-state index is 12.3. The highest BCUT2D eigenvalue weighted by atomic mass is 32.2. The van der Waals surface area contributed by atoms with E-state index < -0.39 is 25.1 Å². The second-order valence-electron chi connectivity index (χ2n) is 4.43. The van der Waals surface area contributed by atoms with Gasteiger partial charge >= 0.3 is 0 Å². The fourth-order valence-corrected chi connectivity index (χ4v) is 5.76. The molecule has 0 aliphatic carbocycles. The normalized spacial score (nSPS) is 20.7. The number of rotatable bonds is 5. The largest absolute Gasteiger partial charge is 0.229 e. The summed E-state index contributed by atoms with van der Waals surface area (Å²) in [7, 11) is -6.52. The maximum Gasteiger partial charge on any atom is 0.217 e. The van der Waals surface area contributed by atoms with Crippen LogP contribution >= 0.6 is 0 Å². The van der Waals surface area contributed by atoms with Crippen LogP contribution in [-0.4, -0.2) is 51.0 Å². The predicted octanol–water partition coefficient (Wildman–Crippen LogP) is 0.239. The minimum absolute atomic E-state index is 0.0487. The fraction of sp³-hybridized carbons (Fsp3) is 0.818. The molecule has 0 aromatic rings. The first-order chi connectivity index (χ1) is 8.33. The molecule has 104 valence electrons. The van der Waals surface area contributed by atoms with Crippen LogP contribution in [0.1, 0.15) is 26.2 Å². The van der Waals surface area contributed by atoms with Crippen LogP contribution in [0, 0.1) is 12.3 Å². The topological polar surface area (TPSA) is 71.5 Å². The molecule has 0 spiro atoms. The minimum atomic E-state index is -3.47. The standard InChI is InChI=1S/C11H19NO4S2/c1-3-7-12(8-4-2)18(15,16)11-5-9-17(13,14)10-6-11/h1,11H,4-10H2,2H3. The van der Waals surface area contributed by atoms with E-state index in [1.54, 1.807) is 0 Å². The first kappa shape index (κ1) is 15.5. The Bertz CT molecular complexity index is 502. The van der Waals surface area contributed by atoms with E-state index >= 15 is 0 Å². The van der Waals surface area contributed by atoms with E-state index in [-0.39, 0.29) is 30.9 Å². The zero-order valence-corrected chi connectivity index (χ0v) is 12.1. The summed E-state index contributed by atoms with van der Waals surface area (Å²) in [4.78, 5) is 0. The lowest BCUT2D eigenvalue weighted by molar-refractivity contribution is 0.430. The molecule has 1 fully saturated rings. The molecule has 1 rings (SSSR count). The molecule has 0 N–H and O–H groups in total. The van der Waals surface area contributed by atoms with Gasteiger partial charge in [0.2, 0.25) is 10.0 Å². The van der Waals surface area contributed by atoms with Crippen LogP contribution in [-0.2, 0) is 19.9 Å². The molecule has 0 saturated carbocycles. The average molecular weight is 293 g/mol. The molecule has 7 heteroatoms. The zero-order chi connectivity index (χ0) is 13.8. The average Bonchev–Trinajstić information content (AvgIpc) is 2.28. The Morgan fingerprint density at radius 2 is 1.89 bits per heavy atom. The monoisotopic (exact) mass is 293 g/mol. The molecule has 1 heterocycles. The Morgan fingerprint density at radius 1 is 1.33 bits per heavy atom. The van der Waals surface area contributed by atoms with Crippen molar-refractivity contribution >= 4 is 19.9 Å². The van der Waals surface area contributed by atoms with Crippen molar-refractivity contribution in [3.8, 4) is 12.3 Å². The molecular weight excluding hydrogens is 274 g/mol. The Morgan fingerprint density at radius 3 is 2.33 bits per heavy atom. The molecule has 18 heavy (non-hydrogen) atoms. The van der Waals surface area contributed by atoms with Crippen LogP contribution in [0.15, 0.2) is 0 Å². The number of nitrogens with zero attached hydrogens (tertiary/aromatic N) is 1. The van der Waals surface area contributed by atoms with Crippen molar-refractivity contribution in [3.63, 3.8) is 0 Å². The highest BCUT2D eigenvalue weighted by Crippen LogP contribution is 2.22. The third kappa shape index (κ3) is 3.70. The molecule has 1 aliphatic rings. The Balaban J connectivity index is 2.83. The van der Waals surface area contributed by atoms with Crippen LogP contribution in [0.2, 0.25) is 0 Å². The van der Waals surface area contributed by atoms with Gasteiger partial charge in [-0.2, -0.15) is 4.31 Å². The number of sulfone groups is 1. The molecule has 0 bridgehead atoms. The van der Waals surface area contributed by atoms with Gasteiger partial charge in [-0.3, -0.25) is 0 Å². The van der Waals surface area contributed by atoms with Crippen LogP contribution in [0.25, 0.3) is 0 Å². The van der Waals surface area contributed by atoms with Crippen molar-refractivity contribution in [2.75, 3.05) is 24.6 Å². The number of hydrogen-bond donors (Lipinski definition) is 0. The number of terminal acetylenes is 1. The predicted molar refractivity (Wildman–Crippen MR) is 71.3 cm³/mol. The number of sulfonamides is 1. The van der Waals surface area contributed by atoms with E-state index in [2.05, 4.69) is 5.92 Å². The van der Waals surface area contributed by atoms with Gasteiger partial charge in [0.1, 0.15) is 9.84 Å². The van der Waals surface area contributed by atoms with E-state index in [0.717, 1.165) is 0 Å². The maximum atomic E-state index is 12.3. The second kappa shape index (κ2) is 6.04. The summed E-state index contributed by atoms with van der Waals surface area (Å²) in [6, 6.07) is 0. The van der Waals surface area contributed by atoms with Gasteiger partial charge in [0.05, 0.1) is 23.3 Å². The zero-order valence-electron chi connectivity index (χ0n) is 10.5. The lowest BCUT2D eigenvalue weighted by Gasteiger charge is -2.28. The molecule has 0 aromatic heterocycles. The third-order valence-corrected chi connectivity index (χ3v) is 7.08. The van der Waals surface area contributed by atoms with Crippen LogP contribution in [0.4, 0.5) is 0 Å². The fourth-order valence-electron chi connectivity index (χ4n) is 2.02. The Kier molecular flexibility index (Phi) is 5.20. The molecule has 1 saturated heterocycles. The van der Waals surface area contributed by atoms with Crippen molar-refractivity contribution in [1.82, 2.24) is 4.31 Å². The highest BCUT2D eigenvalue weighted by molar-refractivity contribution is 7.92. The Labute approximate surface area is 110 Å². The van der Waals surface area contributed by atoms with Crippen LogP contribution in [0.5, 0.6) is 0 Å². The van der Waals surface area contributed by atoms with E-state index in [9.17, 15) is 16.8 Å². The van der Waals surface area contributed by atoms with Crippen LogP contribution in [0.3, 0.4) is 0 Å². The first-order valence-electron chi connectivity index (χ1n) is 5.96. The molecule has 1 aliphatic heterocycles. The second-order valence-corrected chi connectivity index (χ2v) is 8.95. The highest BCUT2D eigenvalue weighted by Gasteiger charge is 2.36. The van der Waals surface area contributed by atoms with Crippen molar-refractivity contribution < 1.29 is 16.8 Å². The number of hydrogen-bond acceptors (Lipinski definition) is 4. The Hall–Kier alpha value is -0.580. The molecule has 0 aromatic carbocycles. The van der Waals surface area contributed by atoms with E-state index in [1.165, 1.54) is 4.31 Å². The summed E-state index contributed by atoms with van der Waals surface area (Å²) in [6.45, 7) is 2.32. The van der Waals surface area contributed by atoms with Gasteiger partial charge in [0, 0.05) is 6.54 Å². The van der Waals surface area contributed by atoms with Crippen LogP contribution < -0.4 is 0 Å². The molecule has 0 unspecified atom stereocenters. The van der Waals surface area contributed by atoms with E-state index in [1.807, 2.05) is 6.92 Å². The lowest BCUT2D eigenvalue weighted by Crippen LogP contribution is -2.43.